The Labute approximate surface area is 171 Å². The standard InChI is InChI=1S/C22H34O7/c1-10-12-6-7-13-17(25)21(12,9-20(13,5)27)8-14(29-11(2)23)22(28)15(10)16(24)18(26)19(22,3)4/h12-18,24-28H,1,6-9H2,2-5H3/t12-,13+,14-,15+,16+,17+,18-,20+,21-,22+/m0/s1. The number of aliphatic hydroxyl groups is 5. The Morgan fingerprint density at radius 3 is 2.31 bits per heavy atom. The lowest BCUT2D eigenvalue weighted by Crippen LogP contribution is -2.58. The zero-order valence-corrected chi connectivity index (χ0v) is 17.6. The lowest BCUT2D eigenvalue weighted by Gasteiger charge is -2.47. The fourth-order valence-corrected chi connectivity index (χ4v) is 7.64. The fraction of sp³-hybridized carbons (Fsp3) is 0.864. The van der Waals surface area contributed by atoms with E-state index in [1.165, 1.54) is 6.92 Å². The van der Waals surface area contributed by atoms with Crippen LogP contribution >= 0.6 is 0 Å². The van der Waals surface area contributed by atoms with E-state index in [1.807, 2.05) is 0 Å². The van der Waals surface area contributed by atoms with Crippen molar-refractivity contribution in [2.24, 2.45) is 28.6 Å². The highest BCUT2D eigenvalue weighted by Crippen LogP contribution is 2.69. The van der Waals surface area contributed by atoms with E-state index < -0.39 is 58.3 Å². The van der Waals surface area contributed by atoms with Crippen LogP contribution in [0, 0.1) is 28.6 Å². The zero-order valence-electron chi connectivity index (χ0n) is 17.6. The van der Waals surface area contributed by atoms with Crippen LogP contribution in [0.2, 0.25) is 0 Å². The van der Waals surface area contributed by atoms with Gasteiger partial charge in [0, 0.05) is 29.6 Å². The summed E-state index contributed by atoms with van der Waals surface area (Å²) in [7, 11) is 0. The molecule has 0 unspecified atom stereocenters. The van der Waals surface area contributed by atoms with Crippen molar-refractivity contribution in [1.82, 2.24) is 0 Å². The molecule has 7 nitrogen and oxygen atoms in total. The van der Waals surface area contributed by atoms with E-state index in [2.05, 4.69) is 6.58 Å². The van der Waals surface area contributed by atoms with E-state index in [0.717, 1.165) is 0 Å². The van der Waals surface area contributed by atoms with E-state index in [0.29, 0.717) is 24.8 Å². The maximum absolute atomic E-state index is 12.0. The molecule has 0 aromatic rings. The van der Waals surface area contributed by atoms with Gasteiger partial charge >= 0.3 is 5.97 Å². The summed E-state index contributed by atoms with van der Waals surface area (Å²) in [6, 6.07) is 0. The smallest absolute Gasteiger partial charge is 0.303 e. The van der Waals surface area contributed by atoms with Gasteiger partial charge in [-0.05, 0) is 38.5 Å². The first-order chi connectivity index (χ1) is 13.2. The first kappa shape index (κ1) is 21.2. The third-order valence-electron chi connectivity index (χ3n) is 9.04. The summed E-state index contributed by atoms with van der Waals surface area (Å²) in [6.07, 6.45) is -2.70. The number of hydrogen-bond acceptors (Lipinski definition) is 7. The van der Waals surface area contributed by atoms with Gasteiger partial charge in [0.15, 0.2) is 0 Å². The molecule has 7 heteroatoms. The fourth-order valence-electron chi connectivity index (χ4n) is 7.64. The maximum Gasteiger partial charge on any atom is 0.303 e. The molecule has 1 spiro atoms. The molecule has 2 bridgehead atoms. The molecule has 0 aliphatic heterocycles. The zero-order chi connectivity index (χ0) is 21.7. The average Bonchev–Trinajstić information content (AvgIpc) is 2.76. The normalized spacial score (nSPS) is 55.8. The Balaban J connectivity index is 1.92. The predicted octanol–water partition coefficient (Wildman–Crippen LogP) is 0.515. The number of ether oxygens (including phenoxy) is 1. The molecular weight excluding hydrogens is 376 g/mol. The lowest BCUT2D eigenvalue weighted by molar-refractivity contribution is -0.198. The van der Waals surface area contributed by atoms with Gasteiger partial charge in [-0.2, -0.15) is 0 Å². The van der Waals surface area contributed by atoms with Crippen molar-refractivity contribution in [3.63, 3.8) is 0 Å². The largest absolute Gasteiger partial charge is 0.459 e. The van der Waals surface area contributed by atoms with Crippen LogP contribution in [0.3, 0.4) is 0 Å². The van der Waals surface area contributed by atoms with E-state index in [9.17, 15) is 30.3 Å². The van der Waals surface area contributed by atoms with Gasteiger partial charge < -0.3 is 30.3 Å². The van der Waals surface area contributed by atoms with Crippen molar-refractivity contribution < 1.29 is 35.1 Å². The number of aliphatic hydroxyl groups excluding tert-OH is 3. The molecule has 4 saturated carbocycles. The molecule has 29 heavy (non-hydrogen) atoms. The molecule has 164 valence electrons. The molecule has 0 radical (unpaired) electrons. The second-order valence-corrected chi connectivity index (χ2v) is 10.8. The quantitative estimate of drug-likeness (QED) is 0.315. The van der Waals surface area contributed by atoms with Crippen LogP contribution in [0.5, 0.6) is 0 Å². The summed E-state index contributed by atoms with van der Waals surface area (Å²) in [5.41, 5.74) is -4.27. The van der Waals surface area contributed by atoms with E-state index in [1.54, 1.807) is 20.8 Å². The number of esters is 1. The molecule has 4 fully saturated rings. The van der Waals surface area contributed by atoms with Gasteiger partial charge in [0.1, 0.15) is 11.7 Å². The number of hydrogen-bond donors (Lipinski definition) is 5. The molecule has 10 atom stereocenters. The van der Waals surface area contributed by atoms with Crippen molar-refractivity contribution in [3.8, 4) is 0 Å². The first-order valence-electron chi connectivity index (χ1n) is 10.6. The number of carbonyl (C=O) groups is 1. The molecule has 0 aromatic heterocycles. The van der Waals surface area contributed by atoms with Crippen molar-refractivity contribution in [3.05, 3.63) is 12.2 Å². The summed E-state index contributed by atoms with van der Waals surface area (Å²) < 4.78 is 5.63. The highest BCUT2D eigenvalue weighted by atomic mass is 16.6. The second kappa shape index (κ2) is 6.04. The van der Waals surface area contributed by atoms with Gasteiger partial charge in [-0.25, -0.2) is 0 Å². The maximum atomic E-state index is 12.0. The van der Waals surface area contributed by atoms with Crippen LogP contribution in [0.15, 0.2) is 12.2 Å². The molecule has 0 amide bonds. The Morgan fingerprint density at radius 2 is 1.72 bits per heavy atom. The Kier molecular flexibility index (Phi) is 4.42. The monoisotopic (exact) mass is 410 g/mol. The summed E-state index contributed by atoms with van der Waals surface area (Å²) in [5, 5.41) is 56.0. The van der Waals surface area contributed by atoms with Crippen LogP contribution in [0.1, 0.15) is 53.4 Å². The van der Waals surface area contributed by atoms with Gasteiger partial charge in [0.25, 0.3) is 0 Å². The Morgan fingerprint density at radius 1 is 1.10 bits per heavy atom. The molecule has 0 aromatic carbocycles. The van der Waals surface area contributed by atoms with Crippen LogP contribution < -0.4 is 0 Å². The van der Waals surface area contributed by atoms with E-state index >= 15 is 0 Å². The highest BCUT2D eigenvalue weighted by Gasteiger charge is 2.75. The number of carbonyl (C=O) groups excluding carboxylic acids is 1. The number of fused-ring (bicyclic) bond motifs is 2. The second-order valence-electron chi connectivity index (χ2n) is 10.8. The van der Waals surface area contributed by atoms with Crippen molar-refractivity contribution in [2.75, 3.05) is 0 Å². The average molecular weight is 411 g/mol. The topological polar surface area (TPSA) is 127 Å². The summed E-state index contributed by atoms with van der Waals surface area (Å²) in [5.74, 6) is -2.06. The molecular formula is C22H34O7. The third kappa shape index (κ3) is 2.39. The minimum atomic E-state index is -1.76. The SMILES string of the molecule is C=C1[C@@H]2[C@@H](O)[C@H](O)C(C)(C)[C@@]2(O)[C@@H](OC(C)=O)C[C@]23C[C@@](C)(O)[C@H](CC[C@@H]12)[C@H]3O. The Bertz CT molecular complexity index is 745. The van der Waals surface area contributed by atoms with Crippen LogP contribution in [-0.4, -0.2) is 67.1 Å². The van der Waals surface area contributed by atoms with Gasteiger partial charge in [-0.15, -0.1) is 0 Å². The number of rotatable bonds is 1. The molecule has 4 rings (SSSR count). The van der Waals surface area contributed by atoms with Crippen LogP contribution in [-0.2, 0) is 9.53 Å². The molecule has 0 saturated heterocycles. The van der Waals surface area contributed by atoms with Crippen molar-refractivity contribution in [2.45, 2.75) is 89.0 Å². The third-order valence-corrected chi connectivity index (χ3v) is 9.04. The summed E-state index contributed by atoms with van der Waals surface area (Å²) >= 11 is 0. The van der Waals surface area contributed by atoms with Crippen molar-refractivity contribution in [1.29, 1.82) is 0 Å². The van der Waals surface area contributed by atoms with Crippen LogP contribution in [0.25, 0.3) is 0 Å². The molecule has 4 aliphatic carbocycles. The predicted molar refractivity (Wildman–Crippen MR) is 103 cm³/mol. The first-order valence-corrected chi connectivity index (χ1v) is 10.6. The van der Waals surface area contributed by atoms with Gasteiger partial charge in [0.2, 0.25) is 0 Å². The molecule has 5 N–H and O–H groups in total. The summed E-state index contributed by atoms with van der Waals surface area (Å²) in [4.78, 5) is 12.0. The Hall–Kier alpha value is -0.990. The van der Waals surface area contributed by atoms with Gasteiger partial charge in [-0.1, -0.05) is 26.0 Å². The lowest BCUT2D eigenvalue weighted by atomic mass is 9.61. The van der Waals surface area contributed by atoms with Gasteiger partial charge in [0.05, 0.1) is 23.9 Å². The molecule has 0 heterocycles. The molecule has 4 aliphatic rings. The highest BCUT2D eigenvalue weighted by molar-refractivity contribution is 5.66. The minimum absolute atomic E-state index is 0.139. The van der Waals surface area contributed by atoms with Gasteiger partial charge in [-0.3, -0.25) is 4.79 Å². The minimum Gasteiger partial charge on any atom is -0.459 e. The van der Waals surface area contributed by atoms with E-state index in [4.69, 9.17) is 4.74 Å². The van der Waals surface area contributed by atoms with E-state index in [-0.39, 0.29) is 18.3 Å². The van der Waals surface area contributed by atoms with Crippen molar-refractivity contribution >= 4 is 5.97 Å². The van der Waals surface area contributed by atoms with Crippen LogP contribution in [0.4, 0.5) is 0 Å². The summed E-state index contributed by atoms with van der Waals surface area (Å²) in [6.45, 7) is 10.5.